The predicted octanol–water partition coefficient (Wildman–Crippen LogP) is 1.80. The van der Waals surface area contributed by atoms with Crippen molar-refractivity contribution in [3.05, 3.63) is 18.0 Å². The van der Waals surface area contributed by atoms with E-state index >= 15 is 0 Å². The van der Waals surface area contributed by atoms with Crippen molar-refractivity contribution >= 4 is 5.97 Å². The number of carboxylic acid groups (broad SMARTS) is 1. The van der Waals surface area contributed by atoms with Gasteiger partial charge in [0.2, 0.25) is 0 Å². The summed E-state index contributed by atoms with van der Waals surface area (Å²) in [6, 6.07) is 0. The summed E-state index contributed by atoms with van der Waals surface area (Å²) in [4.78, 5) is 10.8. The summed E-state index contributed by atoms with van der Waals surface area (Å²) in [6.45, 7) is 6.59. The lowest BCUT2D eigenvalue weighted by atomic mass is 9.91. The molecule has 1 aromatic heterocycles. The number of aliphatic carboxylic acids is 1. The fourth-order valence-electron chi connectivity index (χ4n) is 1.48. The molecule has 4 nitrogen and oxygen atoms in total. The SMILES string of the molecule is CCn1cc(CC(C)C(C)C(=O)O)cn1. The van der Waals surface area contributed by atoms with Gasteiger partial charge in [0.1, 0.15) is 0 Å². The van der Waals surface area contributed by atoms with Crippen molar-refractivity contribution in [2.45, 2.75) is 33.7 Å². The molecular weight excluding hydrogens is 192 g/mol. The van der Waals surface area contributed by atoms with E-state index in [9.17, 15) is 4.79 Å². The topological polar surface area (TPSA) is 55.1 Å². The largest absolute Gasteiger partial charge is 0.481 e. The molecule has 1 rings (SSSR count). The summed E-state index contributed by atoms with van der Waals surface area (Å²) in [5.74, 6) is -0.905. The highest BCUT2D eigenvalue weighted by Crippen LogP contribution is 2.16. The molecule has 1 aromatic rings. The van der Waals surface area contributed by atoms with Gasteiger partial charge in [0.05, 0.1) is 12.1 Å². The van der Waals surface area contributed by atoms with E-state index in [1.54, 1.807) is 6.92 Å². The van der Waals surface area contributed by atoms with Crippen molar-refractivity contribution in [3.63, 3.8) is 0 Å². The number of aryl methyl sites for hydroxylation is 1. The van der Waals surface area contributed by atoms with Gasteiger partial charge < -0.3 is 5.11 Å². The van der Waals surface area contributed by atoms with Crippen LogP contribution in [0.2, 0.25) is 0 Å². The van der Waals surface area contributed by atoms with Crippen LogP contribution in [0, 0.1) is 11.8 Å². The first-order chi connectivity index (χ1) is 7.04. The second-order valence-corrected chi connectivity index (χ2v) is 4.01. The van der Waals surface area contributed by atoms with Crippen molar-refractivity contribution < 1.29 is 9.90 Å². The molecule has 0 aromatic carbocycles. The van der Waals surface area contributed by atoms with Gasteiger partial charge in [-0.1, -0.05) is 13.8 Å². The molecule has 0 saturated heterocycles. The Hall–Kier alpha value is -1.32. The molecule has 1 heterocycles. The summed E-state index contributed by atoms with van der Waals surface area (Å²) >= 11 is 0. The predicted molar refractivity (Wildman–Crippen MR) is 57.6 cm³/mol. The average Bonchev–Trinajstić information content (AvgIpc) is 2.64. The standard InChI is InChI=1S/C11H18N2O2/c1-4-13-7-10(6-12-13)5-8(2)9(3)11(14)15/h6-9H,4-5H2,1-3H3,(H,14,15). The molecule has 84 valence electrons. The van der Waals surface area contributed by atoms with Gasteiger partial charge in [-0.25, -0.2) is 0 Å². The molecule has 0 bridgehead atoms. The fraction of sp³-hybridized carbons (Fsp3) is 0.636. The van der Waals surface area contributed by atoms with Gasteiger partial charge in [0, 0.05) is 12.7 Å². The van der Waals surface area contributed by atoms with Gasteiger partial charge in [-0.15, -0.1) is 0 Å². The fourth-order valence-corrected chi connectivity index (χ4v) is 1.48. The van der Waals surface area contributed by atoms with E-state index in [0.717, 1.165) is 18.5 Å². The number of aromatic nitrogens is 2. The number of nitrogens with zero attached hydrogens (tertiary/aromatic N) is 2. The van der Waals surface area contributed by atoms with Crippen molar-refractivity contribution in [2.24, 2.45) is 11.8 Å². The lowest BCUT2D eigenvalue weighted by Gasteiger charge is -2.14. The maximum absolute atomic E-state index is 10.8. The van der Waals surface area contributed by atoms with Gasteiger partial charge >= 0.3 is 5.97 Å². The van der Waals surface area contributed by atoms with E-state index in [1.165, 1.54) is 0 Å². The molecule has 0 radical (unpaired) electrons. The quantitative estimate of drug-likeness (QED) is 0.806. The van der Waals surface area contributed by atoms with Gasteiger partial charge in [-0.3, -0.25) is 9.48 Å². The molecule has 2 unspecified atom stereocenters. The van der Waals surface area contributed by atoms with Crippen LogP contribution < -0.4 is 0 Å². The normalized spacial score (nSPS) is 14.9. The summed E-state index contributed by atoms with van der Waals surface area (Å²) < 4.78 is 1.85. The second-order valence-electron chi connectivity index (χ2n) is 4.01. The summed E-state index contributed by atoms with van der Waals surface area (Å²) in [6.07, 6.45) is 4.56. The highest BCUT2D eigenvalue weighted by Gasteiger charge is 2.19. The molecule has 15 heavy (non-hydrogen) atoms. The zero-order valence-corrected chi connectivity index (χ0v) is 9.47. The minimum absolute atomic E-state index is 0.136. The molecule has 2 atom stereocenters. The van der Waals surface area contributed by atoms with Crippen LogP contribution in [0.25, 0.3) is 0 Å². The van der Waals surface area contributed by atoms with Crippen molar-refractivity contribution in [1.82, 2.24) is 9.78 Å². The zero-order valence-electron chi connectivity index (χ0n) is 9.47. The van der Waals surface area contributed by atoms with Crippen LogP contribution in [0.5, 0.6) is 0 Å². The lowest BCUT2D eigenvalue weighted by Crippen LogP contribution is -2.19. The van der Waals surface area contributed by atoms with Crippen molar-refractivity contribution in [2.75, 3.05) is 0 Å². The maximum atomic E-state index is 10.8. The molecule has 1 N–H and O–H groups in total. The van der Waals surface area contributed by atoms with E-state index in [1.807, 2.05) is 30.9 Å². The van der Waals surface area contributed by atoms with E-state index < -0.39 is 5.97 Å². The average molecular weight is 210 g/mol. The Morgan fingerprint density at radius 2 is 2.27 bits per heavy atom. The Bertz CT molecular complexity index is 333. The monoisotopic (exact) mass is 210 g/mol. The lowest BCUT2D eigenvalue weighted by molar-refractivity contribution is -0.142. The Labute approximate surface area is 89.9 Å². The van der Waals surface area contributed by atoms with Gasteiger partial charge in [-0.2, -0.15) is 5.10 Å². The first kappa shape index (κ1) is 11.8. The van der Waals surface area contributed by atoms with Crippen LogP contribution in [0.1, 0.15) is 26.3 Å². The molecule has 0 aliphatic heterocycles. The third-order valence-electron chi connectivity index (χ3n) is 2.81. The number of carbonyl (C=O) groups is 1. The van der Waals surface area contributed by atoms with Crippen LogP contribution in [0.3, 0.4) is 0 Å². The molecule has 4 heteroatoms. The number of hydrogen-bond acceptors (Lipinski definition) is 2. The van der Waals surface area contributed by atoms with E-state index in [4.69, 9.17) is 5.11 Å². The summed E-state index contributed by atoms with van der Waals surface area (Å²) in [5.41, 5.74) is 1.11. The van der Waals surface area contributed by atoms with Crippen molar-refractivity contribution in [3.8, 4) is 0 Å². The third kappa shape index (κ3) is 3.08. The minimum Gasteiger partial charge on any atom is -0.481 e. The minimum atomic E-state index is -0.731. The summed E-state index contributed by atoms with van der Waals surface area (Å²) in [5, 5.41) is 13.0. The number of carboxylic acids is 1. The molecule has 0 amide bonds. The Morgan fingerprint density at radius 1 is 1.60 bits per heavy atom. The van der Waals surface area contributed by atoms with E-state index in [0.29, 0.717) is 0 Å². The molecule has 0 spiro atoms. The second kappa shape index (κ2) is 4.96. The number of rotatable bonds is 5. The van der Waals surface area contributed by atoms with Crippen LogP contribution >= 0.6 is 0 Å². The first-order valence-corrected chi connectivity index (χ1v) is 5.28. The van der Waals surface area contributed by atoms with Crippen molar-refractivity contribution in [1.29, 1.82) is 0 Å². The van der Waals surface area contributed by atoms with Crippen LogP contribution in [0.4, 0.5) is 0 Å². The Kier molecular flexibility index (Phi) is 3.88. The Morgan fingerprint density at radius 3 is 2.73 bits per heavy atom. The molecule has 0 fully saturated rings. The van der Waals surface area contributed by atoms with Crippen LogP contribution in [0.15, 0.2) is 12.4 Å². The van der Waals surface area contributed by atoms with Crippen LogP contribution in [-0.2, 0) is 17.8 Å². The third-order valence-corrected chi connectivity index (χ3v) is 2.81. The van der Waals surface area contributed by atoms with E-state index in [2.05, 4.69) is 5.10 Å². The molecule has 0 aliphatic rings. The van der Waals surface area contributed by atoms with Crippen LogP contribution in [-0.4, -0.2) is 20.9 Å². The zero-order chi connectivity index (χ0) is 11.4. The molecule has 0 saturated carbocycles. The van der Waals surface area contributed by atoms with E-state index in [-0.39, 0.29) is 11.8 Å². The summed E-state index contributed by atoms with van der Waals surface area (Å²) in [7, 11) is 0. The maximum Gasteiger partial charge on any atom is 0.306 e. The number of hydrogen-bond donors (Lipinski definition) is 1. The van der Waals surface area contributed by atoms with Gasteiger partial charge in [0.25, 0.3) is 0 Å². The molecule has 0 aliphatic carbocycles. The Balaban J connectivity index is 2.57. The van der Waals surface area contributed by atoms with Gasteiger partial charge in [-0.05, 0) is 24.8 Å². The first-order valence-electron chi connectivity index (χ1n) is 5.28. The highest BCUT2D eigenvalue weighted by molar-refractivity contribution is 5.69. The molecular formula is C11H18N2O2. The smallest absolute Gasteiger partial charge is 0.306 e. The highest BCUT2D eigenvalue weighted by atomic mass is 16.4. The van der Waals surface area contributed by atoms with Gasteiger partial charge in [0.15, 0.2) is 0 Å².